The minimum absolute atomic E-state index is 0. The molecule has 54 heavy (non-hydrogen) atoms. The Bertz CT molecular complexity index is 2610. The number of hydrogen-bond acceptors (Lipinski definition) is 3. The smallest absolute Gasteiger partial charge is 0.0798 e. The predicted molar refractivity (Wildman–Crippen MR) is 231 cm³/mol. The zero-order valence-corrected chi connectivity index (χ0v) is 36.6. The van der Waals surface area contributed by atoms with Gasteiger partial charge in [0.1, 0.15) is 0 Å². The van der Waals surface area contributed by atoms with Gasteiger partial charge in [0, 0.05) is 40.1 Å². The Morgan fingerprint density at radius 2 is 1.59 bits per heavy atom. The SMILES string of the molecule is CC(C)Cc1cc(-c2[c-]cccc2)ncc1[Si](C)(C)C.[2H]C([2H])(c1ccc2c(-c3nc4ccccc4n3-c3cccc4ccccc34)[c-]sc2c1)C(C)(C)C.[Ir]. The first-order chi connectivity index (χ1) is 26.1. The number of para-hydroxylation sites is 2. The van der Waals surface area contributed by atoms with Gasteiger partial charge in [0.25, 0.3) is 0 Å². The molecule has 0 saturated heterocycles. The second kappa shape index (κ2) is 16.3. The Kier molecular flexibility index (Phi) is 11.1. The van der Waals surface area contributed by atoms with E-state index in [4.69, 9.17) is 7.73 Å². The summed E-state index contributed by atoms with van der Waals surface area (Å²) in [5.74, 6) is 1.51. The fourth-order valence-electron chi connectivity index (χ4n) is 6.97. The number of thiophene rings is 1. The van der Waals surface area contributed by atoms with Gasteiger partial charge >= 0.3 is 0 Å². The maximum Gasteiger partial charge on any atom is 0.0798 e. The Morgan fingerprint density at radius 3 is 2.33 bits per heavy atom. The standard InChI is InChI=1S/C30H25N2S.C18H24NSi.Ir/c1-30(2,3)18-20-15-16-23-24(19-33-28(23)17-20)29-31-25-12-6-7-13-27(25)32(29)26-14-8-10-21-9-4-5-11-22(21)26;1-14(2)11-16-12-17(15-9-7-6-8-10-15)19-13-18(16)20(3,4)5;/h4-17H,18H2,1-3H3;6-9,12-14H,11H2,1-5H3;/q2*-1;/i18D2;;. The molecule has 0 saturated carbocycles. The van der Waals surface area contributed by atoms with Crippen LogP contribution in [0.4, 0.5) is 0 Å². The number of benzene rings is 5. The van der Waals surface area contributed by atoms with Gasteiger partial charge in [0.05, 0.1) is 24.9 Å². The van der Waals surface area contributed by atoms with E-state index < -0.39 is 19.9 Å². The van der Waals surface area contributed by atoms with Crippen LogP contribution in [0.1, 0.15) is 48.5 Å². The quantitative estimate of drug-likeness (QED) is 0.118. The molecule has 0 spiro atoms. The van der Waals surface area contributed by atoms with Crippen molar-refractivity contribution in [3.63, 3.8) is 0 Å². The molecule has 0 unspecified atom stereocenters. The van der Waals surface area contributed by atoms with Crippen molar-refractivity contribution in [2.45, 2.75) is 67.1 Å². The van der Waals surface area contributed by atoms with Crippen LogP contribution < -0.4 is 5.19 Å². The van der Waals surface area contributed by atoms with E-state index in [1.54, 1.807) is 0 Å². The van der Waals surface area contributed by atoms with Crippen molar-refractivity contribution in [3.05, 3.63) is 144 Å². The molecule has 277 valence electrons. The Morgan fingerprint density at radius 1 is 0.852 bits per heavy atom. The molecule has 0 aliphatic heterocycles. The van der Waals surface area contributed by atoms with Gasteiger partial charge in [-0.05, 0) is 58.6 Å². The number of rotatable bonds is 7. The van der Waals surface area contributed by atoms with E-state index in [2.05, 4.69) is 121 Å². The fourth-order valence-corrected chi connectivity index (χ4v) is 9.44. The van der Waals surface area contributed by atoms with Crippen molar-refractivity contribution in [1.82, 2.24) is 14.5 Å². The zero-order chi connectivity index (χ0) is 39.1. The molecule has 8 rings (SSSR count). The molecule has 3 aromatic heterocycles. The van der Waals surface area contributed by atoms with Crippen LogP contribution in [0.15, 0.2) is 121 Å². The van der Waals surface area contributed by atoms with E-state index in [0.29, 0.717) is 11.5 Å². The maximum atomic E-state index is 8.71. The Labute approximate surface area is 342 Å². The van der Waals surface area contributed by atoms with Crippen LogP contribution in [0.2, 0.25) is 19.6 Å². The molecule has 8 aromatic rings. The first-order valence-electron chi connectivity index (χ1n) is 19.5. The summed E-state index contributed by atoms with van der Waals surface area (Å²) in [5, 5.41) is 8.38. The molecule has 0 aliphatic carbocycles. The van der Waals surface area contributed by atoms with Crippen LogP contribution in [-0.2, 0) is 32.9 Å². The minimum Gasteiger partial charge on any atom is -0.333 e. The van der Waals surface area contributed by atoms with Gasteiger partial charge in [0.15, 0.2) is 0 Å². The van der Waals surface area contributed by atoms with Crippen molar-refractivity contribution < 1.29 is 22.8 Å². The summed E-state index contributed by atoms with van der Waals surface area (Å²) in [5.41, 5.74) is 7.80. The summed E-state index contributed by atoms with van der Waals surface area (Å²) in [7, 11) is -1.34. The first-order valence-corrected chi connectivity index (χ1v) is 22.8. The second-order valence-corrected chi connectivity index (χ2v) is 22.2. The van der Waals surface area contributed by atoms with Gasteiger partial charge < -0.3 is 9.55 Å². The van der Waals surface area contributed by atoms with E-state index >= 15 is 0 Å². The van der Waals surface area contributed by atoms with Crippen molar-refractivity contribution in [1.29, 1.82) is 0 Å². The topological polar surface area (TPSA) is 30.7 Å². The van der Waals surface area contributed by atoms with Crippen molar-refractivity contribution in [3.8, 4) is 28.3 Å². The summed E-state index contributed by atoms with van der Waals surface area (Å²) in [6.07, 6.45) is 1.80. The van der Waals surface area contributed by atoms with Crippen molar-refractivity contribution in [2.75, 3.05) is 0 Å². The third kappa shape index (κ3) is 8.69. The van der Waals surface area contributed by atoms with Crippen LogP contribution in [-0.4, -0.2) is 22.6 Å². The zero-order valence-electron chi connectivity index (χ0n) is 34.4. The van der Waals surface area contributed by atoms with Crippen LogP contribution >= 0.6 is 11.3 Å². The summed E-state index contributed by atoms with van der Waals surface area (Å²) >= 11 is 1.52. The van der Waals surface area contributed by atoms with Crippen LogP contribution in [0.5, 0.6) is 0 Å². The predicted octanol–water partition coefficient (Wildman–Crippen LogP) is 12.7. The largest absolute Gasteiger partial charge is 0.333 e. The summed E-state index contributed by atoms with van der Waals surface area (Å²) in [4.78, 5) is 9.75. The molecule has 0 fully saturated rings. The van der Waals surface area contributed by atoms with E-state index in [1.165, 1.54) is 32.9 Å². The Hall–Kier alpha value is -4.19. The average molecular weight is 922 g/mol. The van der Waals surface area contributed by atoms with Gasteiger partial charge in [-0.3, -0.25) is 16.3 Å². The summed E-state index contributed by atoms with van der Waals surface area (Å²) < 4.78 is 20.7. The number of imidazole rings is 1. The fraction of sp³-hybridized carbons (Fsp3) is 0.250. The minimum atomic E-state index is -1.44. The molecule has 0 amide bonds. The molecule has 3 heterocycles. The van der Waals surface area contributed by atoms with E-state index in [-0.39, 0.29) is 20.1 Å². The van der Waals surface area contributed by atoms with Gasteiger partial charge in [0.2, 0.25) is 0 Å². The number of fused-ring (bicyclic) bond motifs is 3. The monoisotopic (exact) mass is 922 g/mol. The van der Waals surface area contributed by atoms with Gasteiger partial charge in [-0.15, -0.1) is 47.3 Å². The molecule has 3 nitrogen and oxygen atoms in total. The van der Waals surface area contributed by atoms with Gasteiger partial charge in [-0.1, -0.05) is 148 Å². The van der Waals surface area contributed by atoms with Gasteiger partial charge in [-0.2, -0.15) is 0 Å². The summed E-state index contributed by atoms with van der Waals surface area (Å²) in [6.45, 7) is 17.6. The third-order valence-corrected chi connectivity index (χ3v) is 12.2. The molecule has 0 aliphatic rings. The van der Waals surface area contributed by atoms with Gasteiger partial charge in [-0.25, -0.2) is 0 Å². The molecule has 0 bridgehead atoms. The van der Waals surface area contributed by atoms with E-state index in [1.807, 2.05) is 75.4 Å². The summed E-state index contributed by atoms with van der Waals surface area (Å²) in [6, 6.07) is 42.6. The van der Waals surface area contributed by atoms with Crippen LogP contribution in [0, 0.1) is 22.8 Å². The number of pyridine rings is 1. The normalized spacial score (nSPS) is 12.7. The van der Waals surface area contributed by atoms with Crippen LogP contribution in [0.25, 0.3) is 60.2 Å². The molecule has 1 radical (unpaired) electrons. The molecular formula is C48H49IrN3SSi-2. The number of hydrogen-bond donors (Lipinski definition) is 0. The molecular weight excluding hydrogens is 871 g/mol. The third-order valence-electron chi connectivity index (χ3n) is 9.24. The molecule has 0 N–H and O–H groups in total. The molecule has 6 heteroatoms. The molecule has 0 atom stereocenters. The number of aromatic nitrogens is 3. The molecule has 5 aromatic carbocycles. The van der Waals surface area contributed by atoms with Crippen molar-refractivity contribution >= 4 is 56.5 Å². The average Bonchev–Trinajstić information content (AvgIpc) is 3.75. The number of nitrogens with zero attached hydrogens (tertiary/aromatic N) is 3. The van der Waals surface area contributed by atoms with E-state index in [0.717, 1.165) is 55.9 Å². The Balaban J connectivity index is 0.000000217. The van der Waals surface area contributed by atoms with Crippen molar-refractivity contribution in [2.24, 2.45) is 11.3 Å². The maximum absolute atomic E-state index is 8.71. The van der Waals surface area contributed by atoms with E-state index in [9.17, 15) is 0 Å². The second-order valence-electron chi connectivity index (χ2n) is 16.3. The first kappa shape index (κ1) is 36.8. The van der Waals surface area contributed by atoms with Crippen LogP contribution in [0.3, 0.4) is 0 Å².